The molecule has 2 heteroatoms. The molecule has 0 unspecified atom stereocenters. The van der Waals surface area contributed by atoms with Gasteiger partial charge >= 0.3 is 0 Å². The summed E-state index contributed by atoms with van der Waals surface area (Å²) in [5, 5.41) is 0. The molecule has 0 aliphatic rings. The zero-order valence-electron chi connectivity index (χ0n) is 12.4. The number of halogens is 1. The Morgan fingerprint density at radius 2 is 1.61 bits per heavy atom. The van der Waals surface area contributed by atoms with Crippen LogP contribution in [-0.4, -0.2) is 6.61 Å². The lowest BCUT2D eigenvalue weighted by molar-refractivity contribution is 0.242. The van der Waals surface area contributed by atoms with Crippen LogP contribution in [0.25, 0.3) is 0 Å². The van der Waals surface area contributed by atoms with Crippen LogP contribution in [0.15, 0.2) is 18.2 Å². The van der Waals surface area contributed by atoms with Crippen LogP contribution in [0.3, 0.4) is 0 Å². The van der Waals surface area contributed by atoms with Crippen molar-refractivity contribution in [2.75, 3.05) is 6.61 Å². The SMILES string of the molecule is CC(C)(C)CCOc1cc(F)cc(C(C)(C)C)c1. The minimum Gasteiger partial charge on any atom is -0.493 e. The van der Waals surface area contributed by atoms with Gasteiger partial charge in [-0.3, -0.25) is 0 Å². The zero-order chi connectivity index (χ0) is 14.0. The summed E-state index contributed by atoms with van der Waals surface area (Å²) in [6, 6.07) is 4.97. The molecule has 0 aliphatic carbocycles. The summed E-state index contributed by atoms with van der Waals surface area (Å²) in [6.07, 6.45) is 0.953. The third-order valence-electron chi connectivity index (χ3n) is 2.86. The molecule has 0 heterocycles. The Kier molecular flexibility index (Phi) is 4.41. The molecule has 0 spiro atoms. The van der Waals surface area contributed by atoms with E-state index in [0.717, 1.165) is 12.0 Å². The average molecular weight is 252 g/mol. The minimum absolute atomic E-state index is 0.0652. The lowest BCUT2D eigenvalue weighted by Crippen LogP contribution is -2.13. The molecule has 1 aromatic carbocycles. The molecule has 0 amide bonds. The lowest BCUT2D eigenvalue weighted by Gasteiger charge is -2.21. The van der Waals surface area contributed by atoms with E-state index in [1.54, 1.807) is 6.07 Å². The zero-order valence-corrected chi connectivity index (χ0v) is 12.4. The first-order valence-corrected chi connectivity index (χ1v) is 6.52. The molecule has 102 valence electrons. The highest BCUT2D eigenvalue weighted by atomic mass is 19.1. The number of ether oxygens (including phenoxy) is 1. The van der Waals surface area contributed by atoms with Crippen LogP contribution in [0.5, 0.6) is 5.75 Å². The second-order valence-corrected chi connectivity index (χ2v) is 7.08. The lowest BCUT2D eigenvalue weighted by atomic mass is 9.87. The van der Waals surface area contributed by atoms with E-state index in [4.69, 9.17) is 4.74 Å². The molecular weight excluding hydrogens is 227 g/mol. The highest BCUT2D eigenvalue weighted by molar-refractivity contribution is 5.33. The summed E-state index contributed by atoms with van der Waals surface area (Å²) < 4.78 is 19.2. The van der Waals surface area contributed by atoms with Gasteiger partial charge in [-0.1, -0.05) is 41.5 Å². The van der Waals surface area contributed by atoms with E-state index >= 15 is 0 Å². The Morgan fingerprint density at radius 3 is 2.11 bits per heavy atom. The van der Waals surface area contributed by atoms with Crippen LogP contribution in [0.1, 0.15) is 53.5 Å². The number of hydrogen-bond donors (Lipinski definition) is 0. The molecule has 0 saturated carbocycles. The van der Waals surface area contributed by atoms with E-state index in [1.165, 1.54) is 6.07 Å². The van der Waals surface area contributed by atoms with Crippen molar-refractivity contribution < 1.29 is 9.13 Å². The Labute approximate surface area is 110 Å². The van der Waals surface area contributed by atoms with Gasteiger partial charge in [0.1, 0.15) is 11.6 Å². The fraction of sp³-hybridized carbons (Fsp3) is 0.625. The van der Waals surface area contributed by atoms with Crippen molar-refractivity contribution in [3.8, 4) is 5.75 Å². The summed E-state index contributed by atoms with van der Waals surface area (Å²) in [4.78, 5) is 0. The maximum Gasteiger partial charge on any atom is 0.127 e. The van der Waals surface area contributed by atoms with E-state index in [1.807, 2.05) is 6.07 Å². The average Bonchev–Trinajstić information content (AvgIpc) is 2.13. The summed E-state index contributed by atoms with van der Waals surface area (Å²) in [7, 11) is 0. The molecule has 0 N–H and O–H groups in total. The minimum atomic E-state index is -0.229. The predicted octanol–water partition coefficient (Wildman–Crippen LogP) is 4.94. The quantitative estimate of drug-likeness (QED) is 0.740. The van der Waals surface area contributed by atoms with Gasteiger partial charge in [0.2, 0.25) is 0 Å². The normalized spacial score (nSPS) is 12.6. The van der Waals surface area contributed by atoms with Gasteiger partial charge in [-0.15, -0.1) is 0 Å². The van der Waals surface area contributed by atoms with Gasteiger partial charge < -0.3 is 4.74 Å². The maximum absolute atomic E-state index is 13.5. The van der Waals surface area contributed by atoms with Crippen LogP contribution >= 0.6 is 0 Å². The first-order valence-electron chi connectivity index (χ1n) is 6.52. The predicted molar refractivity (Wildman–Crippen MR) is 74.7 cm³/mol. The Morgan fingerprint density at radius 1 is 1.00 bits per heavy atom. The fourth-order valence-electron chi connectivity index (χ4n) is 1.55. The molecule has 1 aromatic rings. The van der Waals surface area contributed by atoms with Crippen molar-refractivity contribution in [1.82, 2.24) is 0 Å². The molecule has 0 aliphatic heterocycles. The Hall–Kier alpha value is -1.05. The Balaban J connectivity index is 2.75. The van der Waals surface area contributed by atoms with E-state index in [-0.39, 0.29) is 16.6 Å². The topological polar surface area (TPSA) is 9.23 Å². The summed E-state index contributed by atoms with van der Waals surface area (Å²) in [5.74, 6) is 0.400. The third kappa shape index (κ3) is 5.07. The molecule has 0 fully saturated rings. The van der Waals surface area contributed by atoms with E-state index in [0.29, 0.717) is 12.4 Å². The molecule has 0 aromatic heterocycles. The summed E-state index contributed by atoms with van der Waals surface area (Å²) in [5.41, 5.74) is 1.14. The van der Waals surface area contributed by atoms with Crippen LogP contribution in [-0.2, 0) is 5.41 Å². The van der Waals surface area contributed by atoms with Gasteiger partial charge in [0.05, 0.1) is 6.61 Å². The van der Waals surface area contributed by atoms with Gasteiger partial charge in [-0.05, 0) is 34.9 Å². The van der Waals surface area contributed by atoms with Gasteiger partial charge in [0.25, 0.3) is 0 Å². The summed E-state index contributed by atoms with van der Waals surface area (Å²) >= 11 is 0. The molecular formula is C16H25FO. The van der Waals surface area contributed by atoms with Crippen molar-refractivity contribution in [3.63, 3.8) is 0 Å². The number of rotatable bonds is 3. The largest absolute Gasteiger partial charge is 0.493 e. The monoisotopic (exact) mass is 252 g/mol. The van der Waals surface area contributed by atoms with Crippen LogP contribution in [0.4, 0.5) is 4.39 Å². The Bertz CT molecular complexity index is 397. The third-order valence-corrected chi connectivity index (χ3v) is 2.86. The van der Waals surface area contributed by atoms with Crippen molar-refractivity contribution in [1.29, 1.82) is 0 Å². The van der Waals surface area contributed by atoms with Crippen LogP contribution in [0, 0.1) is 11.2 Å². The molecule has 1 rings (SSSR count). The highest BCUT2D eigenvalue weighted by Gasteiger charge is 2.16. The van der Waals surface area contributed by atoms with Crippen molar-refractivity contribution in [2.24, 2.45) is 5.41 Å². The van der Waals surface area contributed by atoms with E-state index in [2.05, 4.69) is 41.5 Å². The van der Waals surface area contributed by atoms with Crippen molar-refractivity contribution >= 4 is 0 Å². The first-order chi connectivity index (χ1) is 8.08. The van der Waals surface area contributed by atoms with E-state index < -0.39 is 0 Å². The van der Waals surface area contributed by atoms with Crippen LogP contribution in [0.2, 0.25) is 0 Å². The smallest absolute Gasteiger partial charge is 0.127 e. The highest BCUT2D eigenvalue weighted by Crippen LogP contribution is 2.27. The molecule has 1 nitrogen and oxygen atoms in total. The molecule has 0 atom stereocenters. The second-order valence-electron chi connectivity index (χ2n) is 7.08. The molecule has 18 heavy (non-hydrogen) atoms. The van der Waals surface area contributed by atoms with Crippen LogP contribution < -0.4 is 4.74 Å². The maximum atomic E-state index is 13.5. The fourth-order valence-corrected chi connectivity index (χ4v) is 1.55. The summed E-state index contributed by atoms with van der Waals surface area (Å²) in [6.45, 7) is 13.3. The molecule has 0 radical (unpaired) electrons. The van der Waals surface area contributed by atoms with Gasteiger partial charge in [0.15, 0.2) is 0 Å². The van der Waals surface area contributed by atoms with Crippen molar-refractivity contribution in [2.45, 2.75) is 53.4 Å². The molecule has 0 saturated heterocycles. The van der Waals surface area contributed by atoms with Crippen molar-refractivity contribution in [3.05, 3.63) is 29.6 Å². The van der Waals surface area contributed by atoms with Gasteiger partial charge in [-0.2, -0.15) is 0 Å². The number of benzene rings is 1. The standard InChI is InChI=1S/C16H25FO/c1-15(2,3)7-8-18-14-10-12(16(4,5)6)9-13(17)11-14/h9-11H,7-8H2,1-6H3. The van der Waals surface area contributed by atoms with Gasteiger partial charge in [-0.25, -0.2) is 4.39 Å². The second kappa shape index (κ2) is 5.29. The first kappa shape index (κ1) is 15.0. The van der Waals surface area contributed by atoms with E-state index in [9.17, 15) is 4.39 Å². The molecule has 0 bridgehead atoms. The number of hydrogen-bond acceptors (Lipinski definition) is 1. The van der Waals surface area contributed by atoms with Gasteiger partial charge in [0, 0.05) is 6.07 Å².